The van der Waals surface area contributed by atoms with E-state index < -0.39 is 22.3 Å². The van der Waals surface area contributed by atoms with Crippen molar-refractivity contribution in [3.63, 3.8) is 0 Å². The van der Waals surface area contributed by atoms with Gasteiger partial charge in [0.15, 0.2) is 5.75 Å². The fourth-order valence-corrected chi connectivity index (χ4v) is 1.70. The standard InChI is InChI=1S/C13H16N2O6/c1-14(7-3-4-12(17)21-2)13(18)9-5-6-10(15(19)20)11(16)8-9/h5-6,8,16H,3-4,7H2,1-2H3. The maximum Gasteiger partial charge on any atom is 0.310 e. The topological polar surface area (TPSA) is 110 Å². The smallest absolute Gasteiger partial charge is 0.310 e. The number of esters is 1. The van der Waals surface area contributed by atoms with E-state index in [4.69, 9.17) is 0 Å². The van der Waals surface area contributed by atoms with Crippen molar-refractivity contribution in [3.05, 3.63) is 33.9 Å². The number of hydrogen-bond acceptors (Lipinski definition) is 6. The van der Waals surface area contributed by atoms with E-state index in [1.54, 1.807) is 0 Å². The molecule has 0 spiro atoms. The summed E-state index contributed by atoms with van der Waals surface area (Å²) in [5, 5.41) is 20.1. The van der Waals surface area contributed by atoms with Gasteiger partial charge in [-0.1, -0.05) is 0 Å². The average molecular weight is 296 g/mol. The third-order valence-corrected chi connectivity index (χ3v) is 2.87. The van der Waals surface area contributed by atoms with Crippen LogP contribution in [0.4, 0.5) is 5.69 Å². The lowest BCUT2D eigenvalue weighted by Gasteiger charge is -2.16. The van der Waals surface area contributed by atoms with Crippen LogP contribution in [0.1, 0.15) is 23.2 Å². The van der Waals surface area contributed by atoms with Gasteiger partial charge in [-0.15, -0.1) is 0 Å². The Morgan fingerprint density at radius 2 is 2.10 bits per heavy atom. The van der Waals surface area contributed by atoms with Crippen molar-refractivity contribution < 1.29 is 24.4 Å². The van der Waals surface area contributed by atoms with Gasteiger partial charge in [-0.05, 0) is 18.6 Å². The van der Waals surface area contributed by atoms with Crippen molar-refractivity contribution >= 4 is 17.6 Å². The summed E-state index contributed by atoms with van der Waals surface area (Å²) in [4.78, 5) is 34.2. The maximum atomic E-state index is 12.1. The maximum absolute atomic E-state index is 12.1. The third-order valence-electron chi connectivity index (χ3n) is 2.87. The van der Waals surface area contributed by atoms with E-state index in [2.05, 4.69) is 4.74 Å². The van der Waals surface area contributed by atoms with Crippen LogP contribution >= 0.6 is 0 Å². The summed E-state index contributed by atoms with van der Waals surface area (Å²) in [6, 6.07) is 3.40. The molecule has 0 radical (unpaired) electrons. The van der Waals surface area contributed by atoms with E-state index in [1.807, 2.05) is 0 Å². The summed E-state index contributed by atoms with van der Waals surface area (Å²) in [5.74, 6) is -1.32. The Hall–Kier alpha value is -2.64. The second-order valence-electron chi connectivity index (χ2n) is 4.37. The summed E-state index contributed by atoms with van der Waals surface area (Å²) in [6.07, 6.45) is 0.632. The summed E-state index contributed by atoms with van der Waals surface area (Å²) in [6.45, 7) is 0.325. The highest BCUT2D eigenvalue weighted by atomic mass is 16.6. The first kappa shape index (κ1) is 16.4. The number of amides is 1. The Kier molecular flexibility index (Phi) is 5.65. The number of nitro groups is 1. The van der Waals surface area contributed by atoms with E-state index in [0.717, 1.165) is 12.1 Å². The van der Waals surface area contributed by atoms with Crippen LogP contribution in [-0.2, 0) is 9.53 Å². The molecule has 1 aromatic rings. The Morgan fingerprint density at radius 3 is 2.62 bits per heavy atom. The van der Waals surface area contributed by atoms with Gasteiger partial charge in [-0.3, -0.25) is 19.7 Å². The van der Waals surface area contributed by atoms with E-state index in [0.29, 0.717) is 13.0 Å². The van der Waals surface area contributed by atoms with Gasteiger partial charge in [0.1, 0.15) is 0 Å². The normalized spacial score (nSPS) is 10.0. The number of aromatic hydroxyl groups is 1. The van der Waals surface area contributed by atoms with E-state index in [9.17, 15) is 24.8 Å². The van der Waals surface area contributed by atoms with Gasteiger partial charge in [0.2, 0.25) is 0 Å². The zero-order valence-corrected chi connectivity index (χ0v) is 11.7. The molecule has 0 aliphatic heterocycles. The van der Waals surface area contributed by atoms with Crippen molar-refractivity contribution in [1.29, 1.82) is 0 Å². The molecule has 0 unspecified atom stereocenters. The molecule has 1 amide bonds. The van der Waals surface area contributed by atoms with E-state index in [-0.39, 0.29) is 18.0 Å². The van der Waals surface area contributed by atoms with Gasteiger partial charge >= 0.3 is 11.7 Å². The molecule has 114 valence electrons. The number of phenolic OH excluding ortho intramolecular Hbond substituents is 1. The van der Waals surface area contributed by atoms with Crippen LogP contribution in [0.25, 0.3) is 0 Å². The van der Waals surface area contributed by atoms with Crippen LogP contribution < -0.4 is 0 Å². The van der Waals surface area contributed by atoms with E-state index in [1.165, 1.54) is 25.1 Å². The number of carbonyl (C=O) groups is 2. The van der Waals surface area contributed by atoms with Gasteiger partial charge in [0, 0.05) is 31.6 Å². The molecule has 0 aromatic heterocycles. The average Bonchev–Trinajstić information content (AvgIpc) is 2.45. The lowest BCUT2D eigenvalue weighted by molar-refractivity contribution is -0.385. The molecule has 0 atom stereocenters. The van der Waals surface area contributed by atoms with E-state index >= 15 is 0 Å². The van der Waals surface area contributed by atoms with Gasteiger partial charge in [0.05, 0.1) is 12.0 Å². The van der Waals surface area contributed by atoms with Crippen LogP contribution in [0, 0.1) is 10.1 Å². The Bertz CT molecular complexity index is 558. The monoisotopic (exact) mass is 296 g/mol. The van der Waals surface area contributed by atoms with Gasteiger partial charge in [-0.2, -0.15) is 0 Å². The van der Waals surface area contributed by atoms with Crippen molar-refractivity contribution in [2.24, 2.45) is 0 Å². The predicted octanol–water partition coefficient (Wildman–Crippen LogP) is 1.33. The highest BCUT2D eigenvalue weighted by Crippen LogP contribution is 2.26. The lowest BCUT2D eigenvalue weighted by atomic mass is 10.1. The molecular formula is C13H16N2O6. The van der Waals surface area contributed by atoms with Crippen LogP contribution in [0.15, 0.2) is 18.2 Å². The van der Waals surface area contributed by atoms with Crippen molar-refractivity contribution in [1.82, 2.24) is 4.90 Å². The molecule has 0 saturated carbocycles. The van der Waals surface area contributed by atoms with Gasteiger partial charge in [0.25, 0.3) is 5.91 Å². The molecule has 0 aliphatic rings. The van der Waals surface area contributed by atoms with Crippen molar-refractivity contribution in [2.45, 2.75) is 12.8 Å². The number of hydrogen-bond donors (Lipinski definition) is 1. The first-order valence-electron chi connectivity index (χ1n) is 6.16. The molecule has 8 nitrogen and oxygen atoms in total. The summed E-state index contributed by atoms with van der Waals surface area (Å²) >= 11 is 0. The molecule has 0 aliphatic carbocycles. The van der Waals surface area contributed by atoms with Crippen molar-refractivity contribution in [3.8, 4) is 5.75 Å². The SMILES string of the molecule is COC(=O)CCCN(C)C(=O)c1ccc([N+](=O)[O-])c(O)c1. The number of ether oxygens (including phenoxy) is 1. The largest absolute Gasteiger partial charge is 0.502 e. The minimum atomic E-state index is -0.732. The quantitative estimate of drug-likeness (QED) is 0.481. The number of nitro benzene ring substituents is 1. The predicted molar refractivity (Wildman–Crippen MR) is 73.0 cm³/mol. The second-order valence-corrected chi connectivity index (χ2v) is 4.37. The molecule has 8 heteroatoms. The van der Waals surface area contributed by atoms with Crippen LogP contribution in [0.3, 0.4) is 0 Å². The number of methoxy groups -OCH3 is 1. The first-order valence-corrected chi connectivity index (χ1v) is 6.16. The summed E-state index contributed by atoms with van der Waals surface area (Å²) in [7, 11) is 2.83. The summed E-state index contributed by atoms with van der Waals surface area (Å²) < 4.78 is 4.49. The molecule has 0 heterocycles. The lowest BCUT2D eigenvalue weighted by Crippen LogP contribution is -2.28. The summed E-state index contributed by atoms with van der Waals surface area (Å²) in [5.41, 5.74) is -0.321. The van der Waals surface area contributed by atoms with Crippen LogP contribution in [-0.4, -0.2) is 47.5 Å². The highest BCUT2D eigenvalue weighted by Gasteiger charge is 2.18. The molecule has 1 aromatic carbocycles. The number of nitrogens with zero attached hydrogens (tertiary/aromatic N) is 2. The fraction of sp³-hybridized carbons (Fsp3) is 0.385. The van der Waals surface area contributed by atoms with Crippen LogP contribution in [0.5, 0.6) is 5.75 Å². The Balaban J connectivity index is 2.68. The second kappa shape index (κ2) is 7.22. The minimum Gasteiger partial charge on any atom is -0.502 e. The molecule has 0 saturated heterocycles. The molecule has 1 N–H and O–H groups in total. The zero-order chi connectivity index (χ0) is 16.0. The number of carbonyl (C=O) groups excluding carboxylic acids is 2. The van der Waals surface area contributed by atoms with Gasteiger partial charge < -0.3 is 14.7 Å². The fourth-order valence-electron chi connectivity index (χ4n) is 1.70. The molecule has 1 rings (SSSR count). The Labute approximate surface area is 121 Å². The molecular weight excluding hydrogens is 280 g/mol. The number of rotatable bonds is 6. The molecule has 0 bridgehead atoms. The number of phenols is 1. The molecule has 0 fully saturated rings. The minimum absolute atomic E-state index is 0.138. The zero-order valence-electron chi connectivity index (χ0n) is 11.7. The Morgan fingerprint density at radius 1 is 1.43 bits per heavy atom. The van der Waals surface area contributed by atoms with Crippen molar-refractivity contribution in [2.75, 3.05) is 20.7 Å². The first-order chi connectivity index (χ1) is 9.86. The van der Waals surface area contributed by atoms with Crippen LogP contribution in [0.2, 0.25) is 0 Å². The third kappa shape index (κ3) is 4.44. The van der Waals surface area contributed by atoms with Gasteiger partial charge in [-0.25, -0.2) is 0 Å². The highest BCUT2D eigenvalue weighted by molar-refractivity contribution is 5.94. The number of benzene rings is 1. The molecule has 21 heavy (non-hydrogen) atoms.